The summed E-state index contributed by atoms with van der Waals surface area (Å²) in [4.78, 5) is 26.2. The van der Waals surface area contributed by atoms with Gasteiger partial charge in [0.25, 0.3) is 0 Å². The average molecular weight is 255 g/mol. The molecule has 2 aromatic heterocycles. The predicted molar refractivity (Wildman–Crippen MR) is 68.6 cm³/mol. The third-order valence-electron chi connectivity index (χ3n) is 2.76. The Balaban J connectivity index is 2.30. The van der Waals surface area contributed by atoms with Crippen LogP contribution in [0.4, 0.5) is 5.82 Å². The van der Waals surface area contributed by atoms with Crippen LogP contribution in [0, 0.1) is 0 Å². The Morgan fingerprint density at radius 3 is 2.95 bits per heavy atom. The molecule has 0 aliphatic carbocycles. The van der Waals surface area contributed by atoms with Gasteiger partial charge in [-0.1, -0.05) is 12.1 Å². The van der Waals surface area contributed by atoms with E-state index in [0.29, 0.717) is 23.0 Å². The first-order valence-electron chi connectivity index (χ1n) is 5.45. The van der Waals surface area contributed by atoms with Gasteiger partial charge in [0.2, 0.25) is 0 Å². The molecular formula is C12H9N5O2. The van der Waals surface area contributed by atoms with Gasteiger partial charge in [-0.15, -0.1) is 0 Å². The number of aldehydes is 1. The van der Waals surface area contributed by atoms with Crippen LogP contribution in [-0.2, 0) is 0 Å². The minimum absolute atomic E-state index is 0.122. The molecular weight excluding hydrogens is 246 g/mol. The van der Waals surface area contributed by atoms with Crippen LogP contribution in [0.3, 0.4) is 0 Å². The van der Waals surface area contributed by atoms with Gasteiger partial charge in [0, 0.05) is 5.56 Å². The maximum Gasteiger partial charge on any atom is 0.183 e. The van der Waals surface area contributed by atoms with Crippen molar-refractivity contribution < 1.29 is 9.90 Å². The van der Waals surface area contributed by atoms with Crippen molar-refractivity contribution in [3.05, 3.63) is 30.1 Å². The van der Waals surface area contributed by atoms with E-state index in [0.717, 1.165) is 0 Å². The fourth-order valence-corrected chi connectivity index (χ4v) is 1.85. The number of hydrogen-bond acceptors (Lipinski definition) is 6. The molecule has 0 radical (unpaired) electrons. The standard InChI is InChI=1S/C12H9N5O2/c13-10-9-12(15-5-14-9)17-11(16-10)6-2-1-3-8(19)7(6)4-18/h1-5,19H,(H3,13,14,15,16,17). The second-order valence-electron chi connectivity index (χ2n) is 3.89. The molecule has 19 heavy (non-hydrogen) atoms. The molecule has 0 bridgehead atoms. The summed E-state index contributed by atoms with van der Waals surface area (Å²) in [7, 11) is 0. The quantitative estimate of drug-likeness (QED) is 0.590. The molecule has 3 aromatic rings. The molecule has 7 nitrogen and oxygen atoms in total. The second kappa shape index (κ2) is 4.05. The lowest BCUT2D eigenvalue weighted by atomic mass is 10.1. The molecule has 0 fully saturated rings. The Kier molecular flexibility index (Phi) is 2.38. The topological polar surface area (TPSA) is 118 Å². The predicted octanol–water partition coefficient (Wildman–Crippen LogP) is 1.12. The number of imidazole rings is 1. The summed E-state index contributed by atoms with van der Waals surface area (Å²) in [5, 5.41) is 9.66. The second-order valence-corrected chi connectivity index (χ2v) is 3.89. The highest BCUT2D eigenvalue weighted by Crippen LogP contribution is 2.28. The number of aromatic amines is 1. The summed E-state index contributed by atoms with van der Waals surface area (Å²) in [5.74, 6) is 0.351. The van der Waals surface area contributed by atoms with Gasteiger partial charge >= 0.3 is 0 Å². The van der Waals surface area contributed by atoms with Crippen LogP contribution in [0.2, 0.25) is 0 Å². The molecule has 3 rings (SSSR count). The van der Waals surface area contributed by atoms with E-state index in [1.807, 2.05) is 0 Å². The number of nitrogen functional groups attached to an aromatic ring is 1. The van der Waals surface area contributed by atoms with Gasteiger partial charge in [0.1, 0.15) is 11.3 Å². The lowest BCUT2D eigenvalue weighted by Crippen LogP contribution is -1.99. The molecule has 0 unspecified atom stereocenters. The van der Waals surface area contributed by atoms with Gasteiger partial charge in [-0.05, 0) is 6.07 Å². The fourth-order valence-electron chi connectivity index (χ4n) is 1.85. The number of nitrogens with one attached hydrogen (secondary N) is 1. The van der Waals surface area contributed by atoms with Crippen LogP contribution in [-0.4, -0.2) is 31.3 Å². The number of phenolic OH excluding ortho intramolecular Hbond substituents is 1. The Morgan fingerprint density at radius 1 is 1.32 bits per heavy atom. The first kappa shape index (κ1) is 11.1. The number of H-pyrrole nitrogens is 1. The van der Waals surface area contributed by atoms with Crippen LogP contribution >= 0.6 is 0 Å². The zero-order valence-electron chi connectivity index (χ0n) is 9.66. The Hall–Kier alpha value is -2.96. The SMILES string of the molecule is Nc1nc(-c2cccc(O)c2C=O)nc2nc[nH]c12. The molecule has 0 aliphatic heterocycles. The van der Waals surface area contributed by atoms with Crippen LogP contribution < -0.4 is 5.73 Å². The summed E-state index contributed by atoms with van der Waals surface area (Å²) >= 11 is 0. The smallest absolute Gasteiger partial charge is 0.183 e. The Morgan fingerprint density at radius 2 is 2.16 bits per heavy atom. The van der Waals surface area contributed by atoms with Crippen molar-refractivity contribution in [3.8, 4) is 17.1 Å². The van der Waals surface area contributed by atoms with Gasteiger partial charge in [-0.3, -0.25) is 4.79 Å². The van der Waals surface area contributed by atoms with Gasteiger partial charge in [0.05, 0.1) is 11.9 Å². The Labute approximate surface area is 107 Å². The third-order valence-corrected chi connectivity index (χ3v) is 2.76. The number of nitrogens with zero attached hydrogens (tertiary/aromatic N) is 3. The normalized spacial score (nSPS) is 10.7. The molecule has 2 heterocycles. The molecule has 1 aromatic carbocycles. The third kappa shape index (κ3) is 1.68. The molecule has 0 aliphatic rings. The number of aromatic hydroxyl groups is 1. The zero-order valence-corrected chi connectivity index (χ0v) is 9.66. The lowest BCUT2D eigenvalue weighted by Gasteiger charge is -2.06. The van der Waals surface area contributed by atoms with Gasteiger partial charge < -0.3 is 15.8 Å². The lowest BCUT2D eigenvalue weighted by molar-refractivity contribution is 0.112. The van der Waals surface area contributed by atoms with Gasteiger partial charge in [-0.25, -0.2) is 15.0 Å². The first-order chi connectivity index (χ1) is 9.20. The van der Waals surface area contributed by atoms with Crippen LogP contribution in [0.5, 0.6) is 5.75 Å². The number of carbonyl (C=O) groups excluding carboxylic acids is 1. The largest absolute Gasteiger partial charge is 0.507 e. The summed E-state index contributed by atoms with van der Waals surface area (Å²) < 4.78 is 0. The van der Waals surface area contributed by atoms with Crippen molar-refractivity contribution in [3.63, 3.8) is 0 Å². The molecule has 94 valence electrons. The van der Waals surface area contributed by atoms with E-state index in [2.05, 4.69) is 19.9 Å². The number of aromatic nitrogens is 4. The number of phenols is 1. The minimum atomic E-state index is -0.128. The van der Waals surface area contributed by atoms with Crippen molar-refractivity contribution in [2.24, 2.45) is 0 Å². The number of hydrogen-bond donors (Lipinski definition) is 3. The van der Waals surface area contributed by atoms with E-state index in [4.69, 9.17) is 5.73 Å². The summed E-state index contributed by atoms with van der Waals surface area (Å²) in [6.45, 7) is 0. The highest BCUT2D eigenvalue weighted by molar-refractivity contribution is 5.91. The van der Waals surface area contributed by atoms with Crippen molar-refractivity contribution in [1.29, 1.82) is 0 Å². The minimum Gasteiger partial charge on any atom is -0.507 e. The number of fused-ring (bicyclic) bond motifs is 1. The van der Waals surface area contributed by atoms with Crippen molar-refractivity contribution in [2.75, 3.05) is 5.73 Å². The molecule has 0 spiro atoms. The van der Waals surface area contributed by atoms with Gasteiger partial charge in [0.15, 0.2) is 23.6 Å². The van der Waals surface area contributed by atoms with E-state index >= 15 is 0 Å². The molecule has 0 amide bonds. The number of nitrogens with two attached hydrogens (primary N) is 1. The van der Waals surface area contributed by atoms with E-state index in [1.165, 1.54) is 12.4 Å². The number of carbonyl (C=O) groups is 1. The van der Waals surface area contributed by atoms with Gasteiger partial charge in [-0.2, -0.15) is 0 Å². The van der Waals surface area contributed by atoms with E-state index in [-0.39, 0.29) is 23.0 Å². The summed E-state index contributed by atoms with van der Waals surface area (Å²) in [5.41, 5.74) is 7.27. The van der Waals surface area contributed by atoms with Crippen molar-refractivity contribution in [2.45, 2.75) is 0 Å². The van der Waals surface area contributed by atoms with Crippen LogP contribution in [0.15, 0.2) is 24.5 Å². The van der Waals surface area contributed by atoms with Crippen LogP contribution in [0.1, 0.15) is 10.4 Å². The molecule has 7 heteroatoms. The Bertz CT molecular complexity index is 781. The maximum atomic E-state index is 11.1. The van der Waals surface area contributed by atoms with Crippen molar-refractivity contribution >= 4 is 23.3 Å². The van der Waals surface area contributed by atoms with E-state index < -0.39 is 0 Å². The highest BCUT2D eigenvalue weighted by atomic mass is 16.3. The highest BCUT2D eigenvalue weighted by Gasteiger charge is 2.14. The zero-order chi connectivity index (χ0) is 13.4. The van der Waals surface area contributed by atoms with E-state index in [9.17, 15) is 9.90 Å². The summed E-state index contributed by atoms with van der Waals surface area (Å²) in [6.07, 6.45) is 2.02. The molecule has 0 saturated heterocycles. The molecule has 0 atom stereocenters. The number of anilines is 1. The average Bonchev–Trinajstić information content (AvgIpc) is 2.87. The fraction of sp³-hybridized carbons (Fsp3) is 0. The number of rotatable bonds is 2. The summed E-state index contributed by atoms with van der Waals surface area (Å²) in [6, 6.07) is 4.66. The maximum absolute atomic E-state index is 11.1. The number of benzene rings is 1. The molecule has 0 saturated carbocycles. The van der Waals surface area contributed by atoms with E-state index in [1.54, 1.807) is 12.1 Å². The monoisotopic (exact) mass is 255 g/mol. The van der Waals surface area contributed by atoms with Crippen LogP contribution in [0.25, 0.3) is 22.6 Å². The first-order valence-corrected chi connectivity index (χ1v) is 5.45. The molecule has 4 N–H and O–H groups in total. The van der Waals surface area contributed by atoms with Crippen molar-refractivity contribution in [1.82, 2.24) is 19.9 Å².